The van der Waals surface area contributed by atoms with Gasteiger partial charge in [0.25, 0.3) is 0 Å². The van der Waals surface area contributed by atoms with Crippen LogP contribution in [0.2, 0.25) is 0 Å². The topological polar surface area (TPSA) is 44.7 Å². The number of nitrogens with one attached hydrogen (secondary N) is 1. The molecule has 2 aromatic rings. The summed E-state index contributed by atoms with van der Waals surface area (Å²) >= 11 is 1.74. The number of thioether (sulfide) groups is 1. The van der Waals surface area contributed by atoms with Crippen molar-refractivity contribution in [2.24, 2.45) is 0 Å². The molecule has 1 atom stereocenters. The monoisotopic (exact) mass is 388 g/mol. The van der Waals surface area contributed by atoms with Gasteiger partial charge in [0.05, 0.1) is 12.7 Å². The summed E-state index contributed by atoms with van der Waals surface area (Å²) < 4.78 is 5.34. The van der Waals surface area contributed by atoms with E-state index in [0.29, 0.717) is 12.6 Å². The van der Waals surface area contributed by atoms with E-state index in [4.69, 9.17) is 4.74 Å². The lowest BCUT2D eigenvalue weighted by molar-refractivity contribution is 0.164. The Morgan fingerprint density at radius 3 is 2.33 bits per heavy atom. The van der Waals surface area contributed by atoms with E-state index in [1.165, 1.54) is 0 Å². The van der Waals surface area contributed by atoms with Crippen molar-refractivity contribution < 1.29 is 9.84 Å². The number of rotatable bonds is 12. The third-order valence-electron chi connectivity index (χ3n) is 4.18. The smallest absolute Gasteiger partial charge is 0.0805 e. The van der Waals surface area contributed by atoms with E-state index in [1.54, 1.807) is 11.8 Å². The van der Waals surface area contributed by atoms with Crippen LogP contribution in [0.15, 0.2) is 54.6 Å². The van der Waals surface area contributed by atoms with Gasteiger partial charge in [0.2, 0.25) is 0 Å². The first-order chi connectivity index (χ1) is 13.1. The highest BCUT2D eigenvalue weighted by atomic mass is 32.2. The summed E-state index contributed by atoms with van der Waals surface area (Å²) in [7, 11) is 0. The molecule has 1 unspecified atom stereocenters. The zero-order valence-electron chi connectivity index (χ0n) is 16.6. The number of nitrogens with zero attached hydrogens (tertiary/aromatic N) is 1. The van der Waals surface area contributed by atoms with Gasteiger partial charge in [-0.15, -0.1) is 0 Å². The van der Waals surface area contributed by atoms with Crippen molar-refractivity contribution in [3.63, 3.8) is 0 Å². The maximum Gasteiger partial charge on any atom is 0.0805 e. The molecule has 0 spiro atoms. The molecule has 0 heterocycles. The lowest BCUT2D eigenvalue weighted by Crippen LogP contribution is -2.38. The number of anilines is 3. The van der Waals surface area contributed by atoms with E-state index >= 15 is 0 Å². The summed E-state index contributed by atoms with van der Waals surface area (Å²) in [6.07, 6.45) is -0.360. The number of aliphatic hydroxyl groups is 1. The normalized spacial score (nSPS) is 12.2. The van der Waals surface area contributed by atoms with Crippen LogP contribution >= 0.6 is 11.8 Å². The number of aliphatic hydroxyl groups excluding tert-OH is 1. The Labute approximate surface area is 167 Å². The molecule has 0 aliphatic carbocycles. The van der Waals surface area contributed by atoms with Gasteiger partial charge in [-0.3, -0.25) is 0 Å². The quantitative estimate of drug-likeness (QED) is 0.513. The van der Waals surface area contributed by atoms with Gasteiger partial charge in [-0.2, -0.15) is 11.8 Å². The molecule has 2 N–H and O–H groups in total. The fourth-order valence-electron chi connectivity index (χ4n) is 2.80. The molecule has 0 saturated heterocycles. The lowest BCUT2D eigenvalue weighted by atomic mass is 10.2. The number of benzene rings is 2. The summed E-state index contributed by atoms with van der Waals surface area (Å²) in [6.45, 7) is 8.44. The van der Waals surface area contributed by atoms with Crippen LogP contribution in [0.5, 0.6) is 0 Å². The summed E-state index contributed by atoms with van der Waals surface area (Å²) in [6, 6.07) is 18.9. The minimum atomic E-state index is -0.360. The second-order valence-corrected chi connectivity index (χ2v) is 7.86. The van der Waals surface area contributed by atoms with Gasteiger partial charge in [-0.05, 0) is 57.2 Å². The Morgan fingerprint density at radius 1 is 1.04 bits per heavy atom. The van der Waals surface area contributed by atoms with Crippen molar-refractivity contribution in [1.29, 1.82) is 0 Å². The molecule has 0 saturated carbocycles. The van der Waals surface area contributed by atoms with Crippen molar-refractivity contribution in [1.82, 2.24) is 0 Å². The molecule has 2 aromatic carbocycles. The second-order valence-electron chi connectivity index (χ2n) is 6.71. The van der Waals surface area contributed by atoms with Crippen LogP contribution in [-0.2, 0) is 4.74 Å². The molecular formula is C22H32N2O2S. The van der Waals surface area contributed by atoms with Crippen LogP contribution in [0.3, 0.4) is 0 Å². The highest BCUT2D eigenvalue weighted by molar-refractivity contribution is 7.99. The van der Waals surface area contributed by atoms with Crippen LogP contribution in [0.4, 0.5) is 17.1 Å². The summed E-state index contributed by atoms with van der Waals surface area (Å²) in [5.41, 5.74) is 3.26. The standard InChI is InChI=1S/C22H32N2O2S/c1-4-26-14-15-27-17-22(25)16-24(18(2)3)21-12-10-20(11-13-21)23-19-8-6-5-7-9-19/h5-13,18,22-23,25H,4,14-17H2,1-3H3. The summed E-state index contributed by atoms with van der Waals surface area (Å²) in [4.78, 5) is 2.25. The molecule has 0 fully saturated rings. The molecule has 5 heteroatoms. The van der Waals surface area contributed by atoms with Crippen LogP contribution in [0.25, 0.3) is 0 Å². The highest BCUT2D eigenvalue weighted by Gasteiger charge is 2.15. The Balaban J connectivity index is 1.89. The molecule has 0 bridgehead atoms. The molecule has 148 valence electrons. The zero-order chi connectivity index (χ0) is 19.5. The summed E-state index contributed by atoms with van der Waals surface area (Å²) in [5.74, 6) is 1.65. The first kappa shape index (κ1) is 21.6. The summed E-state index contributed by atoms with van der Waals surface area (Å²) in [5, 5.41) is 13.8. The van der Waals surface area contributed by atoms with E-state index in [-0.39, 0.29) is 6.10 Å². The molecule has 27 heavy (non-hydrogen) atoms. The van der Waals surface area contributed by atoms with Gasteiger partial charge < -0.3 is 20.1 Å². The third kappa shape index (κ3) is 7.83. The highest BCUT2D eigenvalue weighted by Crippen LogP contribution is 2.23. The predicted molar refractivity (Wildman–Crippen MR) is 118 cm³/mol. The molecule has 4 nitrogen and oxygen atoms in total. The second kappa shape index (κ2) is 11.9. The van der Waals surface area contributed by atoms with E-state index < -0.39 is 0 Å². The van der Waals surface area contributed by atoms with Crippen LogP contribution in [0.1, 0.15) is 20.8 Å². The number of hydrogen-bond acceptors (Lipinski definition) is 5. The number of ether oxygens (including phenoxy) is 1. The maximum atomic E-state index is 10.4. The van der Waals surface area contributed by atoms with E-state index in [1.807, 2.05) is 37.3 Å². The minimum absolute atomic E-state index is 0.320. The number of para-hydroxylation sites is 1. The molecule has 0 amide bonds. The average Bonchev–Trinajstić information content (AvgIpc) is 2.67. The van der Waals surface area contributed by atoms with Gasteiger partial charge in [0.1, 0.15) is 0 Å². The van der Waals surface area contributed by atoms with Gasteiger partial charge in [0.15, 0.2) is 0 Å². The Morgan fingerprint density at radius 2 is 1.70 bits per heavy atom. The Hall–Kier alpha value is -1.69. The van der Waals surface area contributed by atoms with Crippen LogP contribution in [0, 0.1) is 0 Å². The third-order valence-corrected chi connectivity index (χ3v) is 5.25. The first-order valence-corrected chi connectivity index (χ1v) is 10.8. The van der Waals surface area contributed by atoms with Gasteiger partial charge in [-0.1, -0.05) is 18.2 Å². The largest absolute Gasteiger partial charge is 0.390 e. The van der Waals surface area contributed by atoms with E-state index in [0.717, 1.165) is 41.8 Å². The molecule has 0 radical (unpaired) electrons. The predicted octanol–water partition coefficient (Wildman–Crippen LogP) is 4.78. The lowest BCUT2D eigenvalue weighted by Gasteiger charge is -2.31. The van der Waals surface area contributed by atoms with Crippen molar-refractivity contribution in [3.05, 3.63) is 54.6 Å². The van der Waals surface area contributed by atoms with E-state index in [9.17, 15) is 5.11 Å². The first-order valence-electron chi connectivity index (χ1n) is 9.62. The molecule has 2 rings (SSSR count). The van der Waals surface area contributed by atoms with Crippen molar-refractivity contribution in [3.8, 4) is 0 Å². The van der Waals surface area contributed by atoms with Crippen LogP contribution in [-0.4, -0.2) is 48.5 Å². The molecule has 0 aliphatic heterocycles. The van der Waals surface area contributed by atoms with Crippen molar-refractivity contribution >= 4 is 28.8 Å². The average molecular weight is 389 g/mol. The SMILES string of the molecule is CCOCCSCC(O)CN(c1ccc(Nc2ccccc2)cc1)C(C)C. The van der Waals surface area contributed by atoms with E-state index in [2.05, 4.69) is 48.3 Å². The van der Waals surface area contributed by atoms with Gasteiger partial charge >= 0.3 is 0 Å². The van der Waals surface area contributed by atoms with Crippen LogP contribution < -0.4 is 10.2 Å². The van der Waals surface area contributed by atoms with Gasteiger partial charge in [-0.25, -0.2) is 0 Å². The fraction of sp³-hybridized carbons (Fsp3) is 0.455. The molecule has 0 aliphatic rings. The van der Waals surface area contributed by atoms with Crippen molar-refractivity contribution in [2.75, 3.05) is 41.5 Å². The Bertz CT molecular complexity index is 635. The number of hydrogen-bond donors (Lipinski definition) is 2. The maximum absolute atomic E-state index is 10.4. The molecular weight excluding hydrogens is 356 g/mol. The van der Waals surface area contributed by atoms with Crippen molar-refractivity contribution in [2.45, 2.75) is 32.9 Å². The Kier molecular flexibility index (Phi) is 9.53. The fourth-order valence-corrected chi connectivity index (χ4v) is 3.58. The molecule has 0 aromatic heterocycles. The zero-order valence-corrected chi connectivity index (χ0v) is 17.4. The minimum Gasteiger partial charge on any atom is -0.390 e. The van der Waals surface area contributed by atoms with Gasteiger partial charge in [0, 0.05) is 47.8 Å².